The van der Waals surface area contributed by atoms with Gasteiger partial charge in [0.2, 0.25) is 11.9 Å². The van der Waals surface area contributed by atoms with E-state index < -0.39 is 6.04 Å². The number of hydrogen-bond donors (Lipinski definition) is 1. The van der Waals surface area contributed by atoms with Crippen molar-refractivity contribution >= 4 is 29.4 Å². The number of aromatic nitrogens is 2. The number of benzene rings is 1. The van der Waals surface area contributed by atoms with Crippen LogP contribution in [0.4, 0.5) is 5.95 Å². The van der Waals surface area contributed by atoms with E-state index in [0.717, 1.165) is 6.42 Å². The zero-order valence-corrected chi connectivity index (χ0v) is 17.5. The topological polar surface area (TPSA) is 78.4 Å². The summed E-state index contributed by atoms with van der Waals surface area (Å²) in [5.74, 6) is 0.385. The molecule has 3 rings (SSSR count). The fourth-order valence-electron chi connectivity index (χ4n) is 3.29. The molecule has 2 atom stereocenters. The molecule has 2 amide bonds. The van der Waals surface area contributed by atoms with E-state index in [2.05, 4.69) is 20.2 Å². The number of anilines is 1. The third-order valence-corrected chi connectivity index (χ3v) is 5.55. The lowest BCUT2D eigenvalue weighted by Gasteiger charge is -2.37. The van der Waals surface area contributed by atoms with Crippen LogP contribution >= 0.6 is 11.6 Å². The summed E-state index contributed by atoms with van der Waals surface area (Å²) in [6.07, 6.45) is 4.21. The standard InChI is InChI=1S/C21H26ClN5O2/c1-3-15(2)18(25-19(28)16-5-7-17(22)8-6-16)20(29)26-11-13-27(14-12-26)21-23-9-4-10-24-21/h4-10,15,18H,3,11-14H2,1-2H3,(H,25,28)/t15-,18+/m1/s1. The van der Waals surface area contributed by atoms with Crippen LogP contribution in [0.2, 0.25) is 5.02 Å². The highest BCUT2D eigenvalue weighted by molar-refractivity contribution is 6.30. The van der Waals surface area contributed by atoms with Crippen LogP contribution in [-0.4, -0.2) is 58.9 Å². The fourth-order valence-corrected chi connectivity index (χ4v) is 3.41. The Kier molecular flexibility index (Phi) is 7.04. The highest BCUT2D eigenvalue weighted by Gasteiger charge is 2.32. The van der Waals surface area contributed by atoms with E-state index in [1.165, 1.54) is 0 Å². The van der Waals surface area contributed by atoms with Gasteiger partial charge in [-0.2, -0.15) is 0 Å². The van der Waals surface area contributed by atoms with Gasteiger partial charge in [-0.3, -0.25) is 9.59 Å². The molecule has 0 saturated carbocycles. The van der Waals surface area contributed by atoms with Crippen molar-refractivity contribution in [1.82, 2.24) is 20.2 Å². The van der Waals surface area contributed by atoms with Gasteiger partial charge in [-0.15, -0.1) is 0 Å². The van der Waals surface area contributed by atoms with E-state index in [1.54, 1.807) is 42.7 Å². The number of amides is 2. The molecule has 2 aromatic rings. The van der Waals surface area contributed by atoms with Gasteiger partial charge in [0, 0.05) is 49.2 Å². The molecule has 1 aliphatic heterocycles. The molecule has 1 saturated heterocycles. The lowest BCUT2D eigenvalue weighted by molar-refractivity contribution is -0.134. The van der Waals surface area contributed by atoms with Gasteiger partial charge in [-0.1, -0.05) is 31.9 Å². The molecule has 2 heterocycles. The second-order valence-corrected chi connectivity index (χ2v) is 7.64. The van der Waals surface area contributed by atoms with Crippen molar-refractivity contribution in [3.8, 4) is 0 Å². The molecule has 8 heteroatoms. The Hall–Kier alpha value is -2.67. The van der Waals surface area contributed by atoms with Crippen LogP contribution < -0.4 is 10.2 Å². The molecule has 1 aliphatic rings. The van der Waals surface area contributed by atoms with E-state index in [0.29, 0.717) is 42.7 Å². The lowest BCUT2D eigenvalue weighted by Crippen LogP contribution is -2.57. The third-order valence-electron chi connectivity index (χ3n) is 5.30. The molecule has 1 aromatic heterocycles. The predicted molar refractivity (Wildman–Crippen MR) is 113 cm³/mol. The van der Waals surface area contributed by atoms with Crippen molar-refractivity contribution < 1.29 is 9.59 Å². The van der Waals surface area contributed by atoms with Crippen LogP contribution in [0.3, 0.4) is 0 Å². The molecule has 1 fully saturated rings. The molecule has 0 spiro atoms. The number of carbonyl (C=O) groups is 2. The van der Waals surface area contributed by atoms with Gasteiger partial charge in [0.05, 0.1) is 0 Å². The van der Waals surface area contributed by atoms with Crippen molar-refractivity contribution in [2.24, 2.45) is 5.92 Å². The first kappa shape index (κ1) is 21.0. The zero-order valence-electron chi connectivity index (χ0n) is 16.7. The van der Waals surface area contributed by atoms with Crippen LogP contribution in [0, 0.1) is 5.92 Å². The van der Waals surface area contributed by atoms with Gasteiger partial charge >= 0.3 is 0 Å². The van der Waals surface area contributed by atoms with Crippen molar-refractivity contribution in [3.63, 3.8) is 0 Å². The van der Waals surface area contributed by atoms with Crippen molar-refractivity contribution in [1.29, 1.82) is 0 Å². The first-order chi connectivity index (χ1) is 14.0. The summed E-state index contributed by atoms with van der Waals surface area (Å²) in [6, 6.07) is 7.87. The largest absolute Gasteiger partial charge is 0.340 e. The van der Waals surface area contributed by atoms with E-state index in [1.807, 2.05) is 18.7 Å². The minimum absolute atomic E-state index is 0.0224. The normalized spacial score (nSPS) is 16.2. The van der Waals surface area contributed by atoms with Crippen LogP contribution in [-0.2, 0) is 4.79 Å². The molecule has 0 unspecified atom stereocenters. The second kappa shape index (κ2) is 9.69. The number of piperazine rings is 1. The average molecular weight is 416 g/mol. The average Bonchev–Trinajstić information content (AvgIpc) is 2.77. The highest BCUT2D eigenvalue weighted by Crippen LogP contribution is 2.16. The maximum Gasteiger partial charge on any atom is 0.251 e. The van der Waals surface area contributed by atoms with Crippen LogP contribution in [0.25, 0.3) is 0 Å². The Morgan fingerprint density at radius 3 is 2.31 bits per heavy atom. The van der Waals surface area contributed by atoms with Crippen LogP contribution in [0.5, 0.6) is 0 Å². The minimum atomic E-state index is -0.567. The Labute approximate surface area is 176 Å². The molecule has 7 nitrogen and oxygen atoms in total. The summed E-state index contributed by atoms with van der Waals surface area (Å²) >= 11 is 5.90. The predicted octanol–water partition coefficient (Wildman–Crippen LogP) is 2.62. The quantitative estimate of drug-likeness (QED) is 0.784. The van der Waals surface area contributed by atoms with E-state index >= 15 is 0 Å². The summed E-state index contributed by atoms with van der Waals surface area (Å²) in [5, 5.41) is 3.50. The Balaban J connectivity index is 1.65. The lowest BCUT2D eigenvalue weighted by atomic mass is 9.97. The summed E-state index contributed by atoms with van der Waals surface area (Å²) in [6.45, 7) is 6.47. The summed E-state index contributed by atoms with van der Waals surface area (Å²) in [4.78, 5) is 38.3. The molecule has 0 bridgehead atoms. The number of halogens is 1. The van der Waals surface area contributed by atoms with Gasteiger partial charge in [0.25, 0.3) is 5.91 Å². The molecule has 1 N–H and O–H groups in total. The Morgan fingerprint density at radius 1 is 1.10 bits per heavy atom. The van der Waals surface area contributed by atoms with E-state index in [-0.39, 0.29) is 17.7 Å². The molecule has 29 heavy (non-hydrogen) atoms. The van der Waals surface area contributed by atoms with Gasteiger partial charge < -0.3 is 15.1 Å². The molecular weight excluding hydrogens is 390 g/mol. The first-order valence-electron chi connectivity index (χ1n) is 9.86. The summed E-state index contributed by atoms with van der Waals surface area (Å²) < 4.78 is 0. The van der Waals surface area contributed by atoms with Crippen LogP contribution in [0.15, 0.2) is 42.7 Å². The maximum absolute atomic E-state index is 13.2. The van der Waals surface area contributed by atoms with Crippen molar-refractivity contribution in [2.75, 3.05) is 31.1 Å². The van der Waals surface area contributed by atoms with Crippen LogP contribution in [0.1, 0.15) is 30.6 Å². The molecule has 0 aliphatic carbocycles. The Bertz CT molecular complexity index is 823. The molecule has 154 valence electrons. The van der Waals surface area contributed by atoms with Crippen molar-refractivity contribution in [3.05, 3.63) is 53.3 Å². The van der Waals surface area contributed by atoms with Gasteiger partial charge in [-0.05, 0) is 36.2 Å². The number of nitrogens with zero attached hydrogens (tertiary/aromatic N) is 4. The van der Waals surface area contributed by atoms with E-state index in [4.69, 9.17) is 11.6 Å². The zero-order chi connectivity index (χ0) is 20.8. The smallest absolute Gasteiger partial charge is 0.251 e. The minimum Gasteiger partial charge on any atom is -0.340 e. The number of carbonyl (C=O) groups excluding carboxylic acids is 2. The van der Waals surface area contributed by atoms with Gasteiger partial charge in [0.15, 0.2) is 0 Å². The maximum atomic E-state index is 13.2. The van der Waals surface area contributed by atoms with Gasteiger partial charge in [-0.25, -0.2) is 9.97 Å². The SMILES string of the molecule is CC[C@@H](C)[C@H](NC(=O)c1ccc(Cl)cc1)C(=O)N1CCN(c2ncccn2)CC1. The summed E-state index contributed by atoms with van der Waals surface area (Å²) in [7, 11) is 0. The number of hydrogen-bond acceptors (Lipinski definition) is 5. The first-order valence-corrected chi connectivity index (χ1v) is 10.2. The third kappa shape index (κ3) is 5.23. The van der Waals surface area contributed by atoms with Crippen molar-refractivity contribution in [2.45, 2.75) is 26.3 Å². The van der Waals surface area contributed by atoms with Gasteiger partial charge in [0.1, 0.15) is 6.04 Å². The number of nitrogens with one attached hydrogen (secondary N) is 1. The monoisotopic (exact) mass is 415 g/mol. The molecule has 0 radical (unpaired) electrons. The second-order valence-electron chi connectivity index (χ2n) is 7.20. The molecule has 1 aromatic carbocycles. The summed E-state index contributed by atoms with van der Waals surface area (Å²) in [5.41, 5.74) is 0.488. The highest BCUT2D eigenvalue weighted by atomic mass is 35.5. The molecular formula is C21H26ClN5O2. The number of rotatable bonds is 6. The fraction of sp³-hybridized carbons (Fsp3) is 0.429. The van der Waals surface area contributed by atoms with E-state index in [9.17, 15) is 9.59 Å². The Morgan fingerprint density at radius 2 is 1.72 bits per heavy atom.